The van der Waals surface area contributed by atoms with Gasteiger partial charge in [-0.1, -0.05) is 18.2 Å². The van der Waals surface area contributed by atoms with E-state index in [-0.39, 0.29) is 30.9 Å². The minimum atomic E-state index is -0.582. The molecule has 1 aliphatic heterocycles. The summed E-state index contributed by atoms with van der Waals surface area (Å²) in [6.45, 7) is -0.412. The zero-order valence-electron chi connectivity index (χ0n) is 9.48. The number of rotatable bonds is 4. The van der Waals surface area contributed by atoms with E-state index in [1.165, 1.54) is 18.2 Å². The SMILES string of the molecule is O=C(Cc1ccccc1F)CN1C(=O)CNC1=O. The van der Waals surface area contributed by atoms with Gasteiger partial charge in [-0.3, -0.25) is 14.5 Å². The maximum atomic E-state index is 13.3. The van der Waals surface area contributed by atoms with Crippen LogP contribution in [0.2, 0.25) is 0 Å². The molecular formula is C12H11FN2O3. The van der Waals surface area contributed by atoms with Crippen LogP contribution in [-0.4, -0.2) is 35.7 Å². The van der Waals surface area contributed by atoms with Gasteiger partial charge in [0.2, 0.25) is 5.91 Å². The Labute approximate surface area is 103 Å². The zero-order chi connectivity index (χ0) is 13.1. The van der Waals surface area contributed by atoms with Crippen LogP contribution in [-0.2, 0) is 16.0 Å². The minimum absolute atomic E-state index is 0.0915. The van der Waals surface area contributed by atoms with E-state index in [9.17, 15) is 18.8 Å². The number of hydrogen-bond acceptors (Lipinski definition) is 3. The van der Waals surface area contributed by atoms with Crippen molar-refractivity contribution in [2.24, 2.45) is 0 Å². The molecule has 1 aromatic carbocycles. The highest BCUT2D eigenvalue weighted by atomic mass is 19.1. The summed E-state index contributed by atoms with van der Waals surface area (Å²) in [7, 11) is 0. The highest BCUT2D eigenvalue weighted by Gasteiger charge is 2.30. The number of nitrogens with one attached hydrogen (secondary N) is 1. The summed E-state index contributed by atoms with van der Waals surface area (Å²) in [6, 6.07) is 5.33. The fourth-order valence-electron chi connectivity index (χ4n) is 1.70. The van der Waals surface area contributed by atoms with Gasteiger partial charge >= 0.3 is 6.03 Å². The maximum absolute atomic E-state index is 13.3. The Morgan fingerprint density at radius 2 is 2.06 bits per heavy atom. The van der Waals surface area contributed by atoms with Gasteiger partial charge in [-0.15, -0.1) is 0 Å². The highest BCUT2D eigenvalue weighted by molar-refractivity contribution is 6.04. The smallest absolute Gasteiger partial charge is 0.324 e. The van der Waals surface area contributed by atoms with E-state index < -0.39 is 17.8 Å². The number of carbonyl (C=O) groups is 3. The number of benzene rings is 1. The second-order valence-corrected chi connectivity index (χ2v) is 3.95. The molecule has 3 amide bonds. The summed E-state index contributed by atoms with van der Waals surface area (Å²) in [6.07, 6.45) is -0.135. The Bertz CT molecular complexity index is 500. The molecule has 0 aromatic heterocycles. The van der Waals surface area contributed by atoms with Gasteiger partial charge in [0.25, 0.3) is 0 Å². The van der Waals surface area contributed by atoms with Crippen molar-refractivity contribution in [1.82, 2.24) is 10.2 Å². The molecule has 6 heteroatoms. The molecule has 0 aliphatic carbocycles. The molecule has 1 N–H and O–H groups in total. The van der Waals surface area contributed by atoms with Crippen LogP contribution in [0.1, 0.15) is 5.56 Å². The van der Waals surface area contributed by atoms with Crippen molar-refractivity contribution >= 4 is 17.7 Å². The molecule has 1 fully saturated rings. The lowest BCUT2D eigenvalue weighted by molar-refractivity contribution is -0.129. The number of carbonyl (C=O) groups excluding carboxylic acids is 3. The van der Waals surface area contributed by atoms with Crippen LogP contribution in [0, 0.1) is 5.82 Å². The molecule has 1 heterocycles. The first-order chi connectivity index (χ1) is 8.58. The molecule has 1 saturated heterocycles. The maximum Gasteiger partial charge on any atom is 0.324 e. The summed E-state index contributed by atoms with van der Waals surface area (Å²) in [4.78, 5) is 35.0. The van der Waals surface area contributed by atoms with Gasteiger partial charge in [0.15, 0.2) is 5.78 Å². The molecule has 5 nitrogen and oxygen atoms in total. The summed E-state index contributed by atoms with van der Waals surface area (Å²) in [5, 5.41) is 2.31. The normalized spacial score (nSPS) is 14.8. The molecule has 0 spiro atoms. The van der Waals surface area contributed by atoms with Crippen molar-refractivity contribution < 1.29 is 18.8 Å². The van der Waals surface area contributed by atoms with Crippen LogP contribution in [0.3, 0.4) is 0 Å². The number of urea groups is 1. The number of Topliss-reactive ketones (excluding diaryl/α,β-unsaturated/α-hetero) is 1. The Morgan fingerprint density at radius 1 is 1.33 bits per heavy atom. The number of hydrogen-bond donors (Lipinski definition) is 1. The predicted octanol–water partition coefficient (Wildman–Crippen LogP) is 0.489. The molecule has 0 saturated carbocycles. The Morgan fingerprint density at radius 3 is 2.67 bits per heavy atom. The van der Waals surface area contributed by atoms with E-state index in [1.807, 2.05) is 0 Å². The zero-order valence-corrected chi connectivity index (χ0v) is 9.48. The predicted molar refractivity (Wildman–Crippen MR) is 60.2 cm³/mol. The van der Waals surface area contributed by atoms with Crippen molar-refractivity contribution in [3.8, 4) is 0 Å². The molecule has 2 rings (SSSR count). The summed E-state index contributed by atoms with van der Waals surface area (Å²) >= 11 is 0. The number of imide groups is 1. The topological polar surface area (TPSA) is 66.5 Å². The average Bonchev–Trinajstić information content (AvgIpc) is 2.64. The monoisotopic (exact) mass is 250 g/mol. The standard InChI is InChI=1S/C12H11FN2O3/c13-10-4-2-1-3-8(10)5-9(16)7-15-11(17)6-14-12(15)18/h1-4H,5-7H2,(H,14,18). The average molecular weight is 250 g/mol. The van der Waals surface area contributed by atoms with Crippen molar-refractivity contribution in [3.05, 3.63) is 35.6 Å². The highest BCUT2D eigenvalue weighted by Crippen LogP contribution is 2.08. The summed E-state index contributed by atoms with van der Waals surface area (Å²) in [5.74, 6) is -1.30. The van der Waals surface area contributed by atoms with Crippen molar-refractivity contribution in [2.45, 2.75) is 6.42 Å². The molecule has 0 unspecified atom stereocenters. The second-order valence-electron chi connectivity index (χ2n) is 3.95. The molecular weight excluding hydrogens is 239 g/mol. The number of nitrogens with zero attached hydrogens (tertiary/aromatic N) is 1. The molecule has 94 valence electrons. The lowest BCUT2D eigenvalue weighted by atomic mass is 10.1. The fourth-order valence-corrected chi connectivity index (χ4v) is 1.70. The van der Waals surface area contributed by atoms with E-state index in [0.717, 1.165) is 4.90 Å². The van der Waals surface area contributed by atoms with Crippen LogP contribution in [0.25, 0.3) is 0 Å². The third-order valence-electron chi connectivity index (χ3n) is 2.62. The van der Waals surface area contributed by atoms with Crippen LogP contribution in [0.5, 0.6) is 0 Å². The van der Waals surface area contributed by atoms with Gasteiger partial charge in [0, 0.05) is 6.42 Å². The Kier molecular flexibility index (Phi) is 3.36. The second kappa shape index (κ2) is 4.95. The van der Waals surface area contributed by atoms with Gasteiger partial charge in [-0.2, -0.15) is 0 Å². The lowest BCUT2D eigenvalue weighted by Crippen LogP contribution is -2.36. The van der Waals surface area contributed by atoms with E-state index >= 15 is 0 Å². The molecule has 18 heavy (non-hydrogen) atoms. The van der Waals surface area contributed by atoms with Crippen molar-refractivity contribution in [1.29, 1.82) is 0 Å². The van der Waals surface area contributed by atoms with Crippen molar-refractivity contribution in [3.63, 3.8) is 0 Å². The van der Waals surface area contributed by atoms with Crippen LogP contribution >= 0.6 is 0 Å². The summed E-state index contributed by atoms with van der Waals surface area (Å²) < 4.78 is 13.3. The van der Waals surface area contributed by atoms with E-state index in [2.05, 4.69) is 5.32 Å². The van der Waals surface area contributed by atoms with E-state index in [0.29, 0.717) is 0 Å². The third-order valence-corrected chi connectivity index (χ3v) is 2.62. The Balaban J connectivity index is 1.99. The van der Waals surface area contributed by atoms with E-state index in [1.54, 1.807) is 6.07 Å². The molecule has 0 atom stereocenters. The molecule has 0 bridgehead atoms. The van der Waals surface area contributed by atoms with Gasteiger partial charge < -0.3 is 5.32 Å². The Hall–Kier alpha value is -2.24. The number of ketones is 1. The van der Waals surface area contributed by atoms with Crippen molar-refractivity contribution in [2.75, 3.05) is 13.1 Å². The quantitative estimate of drug-likeness (QED) is 0.791. The first-order valence-corrected chi connectivity index (χ1v) is 5.41. The van der Waals surface area contributed by atoms with Gasteiger partial charge in [-0.25, -0.2) is 9.18 Å². The first kappa shape index (κ1) is 12.2. The van der Waals surface area contributed by atoms with Gasteiger partial charge in [0.1, 0.15) is 5.82 Å². The van der Waals surface area contributed by atoms with Crippen LogP contribution in [0.15, 0.2) is 24.3 Å². The minimum Gasteiger partial charge on any atom is -0.329 e. The number of halogens is 1. The molecule has 1 aromatic rings. The molecule has 1 aliphatic rings. The van der Waals surface area contributed by atoms with E-state index in [4.69, 9.17) is 0 Å². The summed E-state index contributed by atoms with van der Waals surface area (Å²) in [5.41, 5.74) is 0.259. The fraction of sp³-hybridized carbons (Fsp3) is 0.250. The van der Waals surface area contributed by atoms with Crippen LogP contribution in [0.4, 0.5) is 9.18 Å². The van der Waals surface area contributed by atoms with Gasteiger partial charge in [-0.05, 0) is 11.6 Å². The van der Waals surface area contributed by atoms with Gasteiger partial charge in [0.05, 0.1) is 13.1 Å². The van der Waals surface area contributed by atoms with Crippen LogP contribution < -0.4 is 5.32 Å². The first-order valence-electron chi connectivity index (χ1n) is 5.41. The number of amides is 3. The third kappa shape index (κ3) is 2.53. The lowest BCUT2D eigenvalue weighted by Gasteiger charge is -2.11. The largest absolute Gasteiger partial charge is 0.329 e. The molecule has 0 radical (unpaired) electrons.